The average Bonchev–Trinajstić information content (AvgIpc) is 3.12. The van der Waals surface area contributed by atoms with Crippen LogP contribution in [0.1, 0.15) is 65.2 Å². The zero-order valence-electron chi connectivity index (χ0n) is 16.1. The van der Waals surface area contributed by atoms with Crippen molar-refractivity contribution in [1.82, 2.24) is 0 Å². The summed E-state index contributed by atoms with van der Waals surface area (Å²) in [4.78, 5) is 12.8. The van der Waals surface area contributed by atoms with Gasteiger partial charge in [-0.25, -0.2) is 0 Å². The topological polar surface area (TPSA) is 35.5 Å². The maximum absolute atomic E-state index is 12.8. The third kappa shape index (κ3) is 2.00. The van der Waals surface area contributed by atoms with E-state index in [1.807, 2.05) is 7.11 Å². The quantitative estimate of drug-likeness (QED) is 0.658. The lowest BCUT2D eigenvalue weighted by Gasteiger charge is -2.62. The molecular weight excluding hydrogens is 312 g/mol. The van der Waals surface area contributed by atoms with Crippen molar-refractivity contribution in [2.24, 2.45) is 46.3 Å². The lowest BCUT2D eigenvalue weighted by atomic mass is 9.43. The normalized spacial score (nSPS) is 57.2. The molecule has 1 spiro atoms. The highest BCUT2D eigenvalue weighted by Gasteiger charge is 2.68. The fourth-order valence-corrected chi connectivity index (χ4v) is 8.48. The third-order valence-electron chi connectivity index (χ3n) is 9.70. The summed E-state index contributed by atoms with van der Waals surface area (Å²) in [5.74, 6) is 4.22. The summed E-state index contributed by atoms with van der Waals surface area (Å²) in [6.45, 7) is 5.69. The molecule has 0 bridgehead atoms. The Hall–Kier alpha value is -0.570. The minimum Gasteiger partial charge on any atom is -0.465 e. The van der Waals surface area contributed by atoms with Crippen LogP contribution >= 0.6 is 0 Å². The molecule has 5 rings (SSSR count). The molecule has 0 radical (unpaired) electrons. The van der Waals surface area contributed by atoms with E-state index in [0.717, 1.165) is 18.3 Å². The molecule has 4 aliphatic carbocycles. The number of hydrogen-bond donors (Lipinski definition) is 0. The molecule has 5 aliphatic rings. The molecule has 5 fully saturated rings. The Morgan fingerprint density at radius 3 is 2.68 bits per heavy atom. The van der Waals surface area contributed by atoms with E-state index in [1.54, 1.807) is 0 Å². The zero-order valence-corrected chi connectivity index (χ0v) is 16.1. The number of cyclic esters (lactones) is 1. The SMILES string of the molecule is CO[C@@H]1C[C@@H]2[C@H](CC[C@]34C(=O)OC[C@H]3CC[C@@H]24)[C@@]2(C)CC[C@@H](C)C[C@H]12. The molecule has 0 aromatic carbocycles. The van der Waals surface area contributed by atoms with Gasteiger partial charge in [-0.2, -0.15) is 0 Å². The monoisotopic (exact) mass is 346 g/mol. The predicted octanol–water partition coefficient (Wildman–Crippen LogP) is 4.44. The molecule has 0 amide bonds. The van der Waals surface area contributed by atoms with Gasteiger partial charge in [0.2, 0.25) is 0 Å². The van der Waals surface area contributed by atoms with E-state index in [9.17, 15) is 4.79 Å². The van der Waals surface area contributed by atoms with Crippen molar-refractivity contribution >= 4 is 5.97 Å². The highest BCUT2D eigenvalue weighted by atomic mass is 16.5. The van der Waals surface area contributed by atoms with Crippen molar-refractivity contribution < 1.29 is 14.3 Å². The largest absolute Gasteiger partial charge is 0.465 e. The van der Waals surface area contributed by atoms with Crippen LogP contribution in [0.25, 0.3) is 0 Å². The van der Waals surface area contributed by atoms with Gasteiger partial charge in [0.1, 0.15) is 0 Å². The first-order valence-electron chi connectivity index (χ1n) is 10.7. The molecule has 1 saturated heterocycles. The Balaban J connectivity index is 1.52. The van der Waals surface area contributed by atoms with Gasteiger partial charge >= 0.3 is 5.97 Å². The highest BCUT2D eigenvalue weighted by molar-refractivity contribution is 5.80. The van der Waals surface area contributed by atoms with E-state index in [1.165, 1.54) is 44.9 Å². The molecule has 0 N–H and O–H groups in total. The number of methoxy groups -OCH3 is 1. The summed E-state index contributed by atoms with van der Waals surface area (Å²) in [7, 11) is 1.92. The van der Waals surface area contributed by atoms with Crippen molar-refractivity contribution in [2.45, 2.75) is 71.3 Å². The lowest BCUT2D eigenvalue weighted by Crippen LogP contribution is -2.59. The third-order valence-corrected chi connectivity index (χ3v) is 9.70. The second-order valence-electron chi connectivity index (χ2n) is 10.3. The Labute approximate surface area is 152 Å². The first kappa shape index (κ1) is 16.6. The smallest absolute Gasteiger partial charge is 0.312 e. The van der Waals surface area contributed by atoms with E-state index in [-0.39, 0.29) is 11.4 Å². The molecule has 140 valence electrons. The van der Waals surface area contributed by atoms with E-state index in [0.29, 0.717) is 41.8 Å². The van der Waals surface area contributed by atoms with Crippen molar-refractivity contribution in [1.29, 1.82) is 0 Å². The fraction of sp³-hybridized carbons (Fsp3) is 0.955. The van der Waals surface area contributed by atoms with E-state index < -0.39 is 0 Å². The number of ether oxygens (including phenoxy) is 2. The summed E-state index contributed by atoms with van der Waals surface area (Å²) < 4.78 is 11.7. The number of carbonyl (C=O) groups excluding carboxylic acids is 1. The minimum absolute atomic E-state index is 0.120. The molecule has 0 unspecified atom stereocenters. The Bertz CT molecular complexity index is 574. The van der Waals surface area contributed by atoms with Crippen LogP contribution < -0.4 is 0 Å². The lowest BCUT2D eigenvalue weighted by molar-refractivity contribution is -0.180. The van der Waals surface area contributed by atoms with Crippen LogP contribution in [0.15, 0.2) is 0 Å². The molecule has 4 saturated carbocycles. The van der Waals surface area contributed by atoms with Gasteiger partial charge in [0.05, 0.1) is 18.1 Å². The van der Waals surface area contributed by atoms with Gasteiger partial charge in [0.15, 0.2) is 0 Å². The van der Waals surface area contributed by atoms with Crippen LogP contribution in [0.5, 0.6) is 0 Å². The van der Waals surface area contributed by atoms with E-state index in [2.05, 4.69) is 13.8 Å². The summed E-state index contributed by atoms with van der Waals surface area (Å²) in [5.41, 5.74) is 0.295. The Kier molecular flexibility index (Phi) is 3.63. The number of esters is 1. The Morgan fingerprint density at radius 2 is 1.88 bits per heavy atom. The molecule has 9 atom stereocenters. The number of rotatable bonds is 1. The van der Waals surface area contributed by atoms with Crippen molar-refractivity contribution in [3.05, 3.63) is 0 Å². The molecule has 25 heavy (non-hydrogen) atoms. The summed E-state index contributed by atoms with van der Waals surface area (Å²) in [6, 6.07) is 0. The van der Waals surface area contributed by atoms with Crippen LogP contribution in [-0.2, 0) is 14.3 Å². The van der Waals surface area contributed by atoms with Crippen LogP contribution in [0.4, 0.5) is 0 Å². The van der Waals surface area contributed by atoms with Crippen LogP contribution in [0.2, 0.25) is 0 Å². The molecule has 0 aromatic heterocycles. The fourth-order valence-electron chi connectivity index (χ4n) is 8.48. The van der Waals surface area contributed by atoms with Gasteiger partial charge < -0.3 is 9.47 Å². The second-order valence-corrected chi connectivity index (χ2v) is 10.3. The van der Waals surface area contributed by atoms with Crippen molar-refractivity contribution in [3.8, 4) is 0 Å². The molecule has 0 aromatic rings. The average molecular weight is 347 g/mol. The molecule has 3 heteroatoms. The molecular formula is C22H34O3. The highest BCUT2D eigenvalue weighted by Crippen LogP contribution is 2.69. The van der Waals surface area contributed by atoms with Gasteiger partial charge in [-0.15, -0.1) is 0 Å². The summed E-state index contributed by atoms with van der Waals surface area (Å²) in [5, 5.41) is 0. The first-order valence-corrected chi connectivity index (χ1v) is 10.7. The van der Waals surface area contributed by atoms with Gasteiger partial charge in [0.25, 0.3) is 0 Å². The number of hydrogen-bond acceptors (Lipinski definition) is 3. The van der Waals surface area contributed by atoms with Crippen LogP contribution in [-0.4, -0.2) is 25.8 Å². The van der Waals surface area contributed by atoms with Crippen molar-refractivity contribution in [3.63, 3.8) is 0 Å². The van der Waals surface area contributed by atoms with Gasteiger partial charge in [-0.05, 0) is 80.0 Å². The van der Waals surface area contributed by atoms with Gasteiger partial charge in [-0.3, -0.25) is 4.79 Å². The maximum Gasteiger partial charge on any atom is 0.312 e. The van der Waals surface area contributed by atoms with Gasteiger partial charge in [0, 0.05) is 13.0 Å². The molecule has 3 nitrogen and oxygen atoms in total. The van der Waals surface area contributed by atoms with Gasteiger partial charge in [-0.1, -0.05) is 20.3 Å². The second kappa shape index (κ2) is 5.47. The number of carbonyl (C=O) groups is 1. The maximum atomic E-state index is 12.8. The first-order chi connectivity index (χ1) is 12.0. The van der Waals surface area contributed by atoms with Crippen LogP contribution in [0, 0.1) is 46.3 Å². The minimum atomic E-state index is -0.120. The van der Waals surface area contributed by atoms with E-state index in [4.69, 9.17) is 9.47 Å². The van der Waals surface area contributed by atoms with Crippen LogP contribution in [0.3, 0.4) is 0 Å². The Morgan fingerprint density at radius 1 is 1.04 bits per heavy atom. The zero-order chi connectivity index (χ0) is 17.4. The number of fused-ring (bicyclic) bond motifs is 4. The molecule has 1 heterocycles. The molecule has 1 aliphatic heterocycles. The summed E-state index contributed by atoms with van der Waals surface area (Å²) in [6.07, 6.45) is 10.4. The van der Waals surface area contributed by atoms with E-state index >= 15 is 0 Å². The van der Waals surface area contributed by atoms with Crippen molar-refractivity contribution in [2.75, 3.05) is 13.7 Å². The standard InChI is InChI=1S/C22H34O3/c1-13-6-8-21(2)16-7-9-22-14(12-25-20(22)23)4-5-17(22)15(16)11-19(24-3)18(21)10-13/h13-19H,4-12H2,1-3H3/t13-,14-,15-,16+,17+,18-,19-,21-,22+/m1/s1. The summed E-state index contributed by atoms with van der Waals surface area (Å²) >= 11 is 0. The predicted molar refractivity (Wildman–Crippen MR) is 95.8 cm³/mol.